The first-order chi connectivity index (χ1) is 7.29. The molecule has 2 aliphatic carbocycles. The van der Waals surface area contributed by atoms with Crippen molar-refractivity contribution < 1.29 is 0 Å². The van der Waals surface area contributed by atoms with Crippen LogP contribution in [0, 0.1) is 5.41 Å². The number of hydrogen-bond acceptors (Lipinski definition) is 2. The van der Waals surface area contributed by atoms with Gasteiger partial charge >= 0.3 is 0 Å². The van der Waals surface area contributed by atoms with E-state index >= 15 is 0 Å². The predicted molar refractivity (Wildman–Crippen MR) is 64.8 cm³/mol. The molecule has 0 heterocycles. The summed E-state index contributed by atoms with van der Waals surface area (Å²) in [5.41, 5.74) is 6.49. The summed E-state index contributed by atoms with van der Waals surface area (Å²) in [5.74, 6) is 0. The Kier molecular flexibility index (Phi) is 3.68. The molecule has 0 aliphatic heterocycles. The summed E-state index contributed by atoms with van der Waals surface area (Å²) in [4.78, 5) is 2.72. The zero-order valence-corrected chi connectivity index (χ0v) is 10.2. The molecule has 2 rings (SSSR count). The van der Waals surface area contributed by atoms with Gasteiger partial charge in [0.05, 0.1) is 0 Å². The summed E-state index contributed by atoms with van der Waals surface area (Å²) in [6.45, 7) is 5.76. The topological polar surface area (TPSA) is 29.3 Å². The van der Waals surface area contributed by atoms with E-state index in [2.05, 4.69) is 11.8 Å². The van der Waals surface area contributed by atoms with Crippen molar-refractivity contribution >= 4 is 0 Å². The molecule has 15 heavy (non-hydrogen) atoms. The Morgan fingerprint density at radius 1 is 1.27 bits per heavy atom. The van der Waals surface area contributed by atoms with Gasteiger partial charge in [0.1, 0.15) is 0 Å². The van der Waals surface area contributed by atoms with E-state index < -0.39 is 0 Å². The van der Waals surface area contributed by atoms with E-state index in [1.54, 1.807) is 0 Å². The van der Waals surface area contributed by atoms with Gasteiger partial charge in [-0.15, -0.1) is 0 Å². The maximum atomic E-state index is 6.01. The number of hydrogen-bond donors (Lipinski definition) is 1. The highest BCUT2D eigenvalue weighted by molar-refractivity contribution is 4.93. The smallest absolute Gasteiger partial charge is 0.00966 e. The van der Waals surface area contributed by atoms with Crippen molar-refractivity contribution in [3.05, 3.63) is 0 Å². The summed E-state index contributed by atoms with van der Waals surface area (Å²) in [7, 11) is 0. The second-order valence-corrected chi connectivity index (χ2v) is 5.61. The summed E-state index contributed by atoms with van der Waals surface area (Å²) in [6, 6.07) is 0.911. The van der Waals surface area contributed by atoms with Crippen molar-refractivity contribution in [1.29, 1.82) is 0 Å². The van der Waals surface area contributed by atoms with Gasteiger partial charge in [-0.05, 0) is 50.6 Å². The Bertz CT molecular complexity index is 193. The minimum absolute atomic E-state index is 0.484. The van der Waals surface area contributed by atoms with Gasteiger partial charge in [0, 0.05) is 12.6 Å². The molecule has 0 saturated heterocycles. The Morgan fingerprint density at radius 3 is 2.40 bits per heavy atom. The van der Waals surface area contributed by atoms with E-state index in [1.165, 1.54) is 58.0 Å². The molecule has 2 nitrogen and oxygen atoms in total. The molecule has 0 aromatic carbocycles. The molecule has 2 saturated carbocycles. The van der Waals surface area contributed by atoms with Crippen molar-refractivity contribution in [3.63, 3.8) is 0 Å². The molecule has 0 bridgehead atoms. The molecule has 0 aromatic heterocycles. The van der Waals surface area contributed by atoms with Crippen LogP contribution in [0.2, 0.25) is 0 Å². The fraction of sp³-hybridized carbons (Fsp3) is 1.00. The van der Waals surface area contributed by atoms with E-state index in [1.807, 2.05) is 0 Å². The summed E-state index contributed by atoms with van der Waals surface area (Å²) in [5, 5.41) is 0. The van der Waals surface area contributed by atoms with Crippen LogP contribution in [0.25, 0.3) is 0 Å². The van der Waals surface area contributed by atoms with Crippen molar-refractivity contribution in [2.24, 2.45) is 11.1 Å². The van der Waals surface area contributed by atoms with Crippen molar-refractivity contribution in [3.8, 4) is 0 Å². The van der Waals surface area contributed by atoms with E-state index in [0.29, 0.717) is 5.41 Å². The van der Waals surface area contributed by atoms with Crippen LogP contribution < -0.4 is 5.73 Å². The van der Waals surface area contributed by atoms with Crippen LogP contribution in [0.5, 0.6) is 0 Å². The van der Waals surface area contributed by atoms with Crippen LogP contribution in [-0.2, 0) is 0 Å². The van der Waals surface area contributed by atoms with Crippen molar-refractivity contribution in [2.75, 3.05) is 19.6 Å². The van der Waals surface area contributed by atoms with E-state index in [0.717, 1.165) is 12.6 Å². The van der Waals surface area contributed by atoms with Crippen LogP contribution in [0.4, 0.5) is 0 Å². The minimum atomic E-state index is 0.484. The first-order valence-electron chi connectivity index (χ1n) is 6.74. The molecule has 88 valence electrons. The highest BCUT2D eigenvalue weighted by atomic mass is 15.2. The summed E-state index contributed by atoms with van der Waals surface area (Å²) < 4.78 is 0. The quantitative estimate of drug-likeness (QED) is 0.729. The Morgan fingerprint density at radius 2 is 1.93 bits per heavy atom. The molecule has 2 fully saturated rings. The van der Waals surface area contributed by atoms with Gasteiger partial charge in [0.15, 0.2) is 0 Å². The zero-order valence-electron chi connectivity index (χ0n) is 10.2. The molecule has 0 unspecified atom stereocenters. The van der Waals surface area contributed by atoms with Crippen LogP contribution in [0.15, 0.2) is 0 Å². The van der Waals surface area contributed by atoms with Crippen LogP contribution in [0.3, 0.4) is 0 Å². The first kappa shape index (κ1) is 11.4. The molecule has 0 radical (unpaired) electrons. The monoisotopic (exact) mass is 210 g/mol. The number of nitrogens with two attached hydrogens (primary N) is 1. The van der Waals surface area contributed by atoms with Crippen molar-refractivity contribution in [1.82, 2.24) is 4.90 Å². The fourth-order valence-electron chi connectivity index (χ4n) is 3.10. The number of nitrogens with zero attached hydrogens (tertiary/aromatic N) is 1. The Balaban J connectivity index is 1.90. The highest BCUT2D eigenvalue weighted by Gasteiger charge is 2.38. The van der Waals surface area contributed by atoms with Gasteiger partial charge in [-0.2, -0.15) is 0 Å². The lowest BCUT2D eigenvalue weighted by atomic mass is 9.85. The maximum Gasteiger partial charge on any atom is 0.00966 e. The average Bonchev–Trinajstić information content (AvgIpc) is 3.00. The molecule has 0 amide bonds. The molecule has 2 N–H and O–H groups in total. The lowest BCUT2D eigenvalue weighted by Crippen LogP contribution is -2.42. The van der Waals surface area contributed by atoms with Gasteiger partial charge in [-0.3, -0.25) is 4.90 Å². The fourth-order valence-corrected chi connectivity index (χ4v) is 3.10. The lowest BCUT2D eigenvalue weighted by molar-refractivity contribution is 0.150. The third-order valence-electron chi connectivity index (χ3n) is 4.21. The predicted octanol–water partition coefficient (Wildman–Crippen LogP) is 2.38. The number of rotatable bonds is 6. The summed E-state index contributed by atoms with van der Waals surface area (Å²) in [6.07, 6.45) is 9.70. The van der Waals surface area contributed by atoms with Gasteiger partial charge in [0.2, 0.25) is 0 Å². The van der Waals surface area contributed by atoms with Crippen LogP contribution >= 0.6 is 0 Å². The van der Waals surface area contributed by atoms with E-state index in [-0.39, 0.29) is 0 Å². The Labute approximate surface area is 94.2 Å². The maximum absolute atomic E-state index is 6.01. The van der Waals surface area contributed by atoms with Crippen LogP contribution in [-0.4, -0.2) is 30.6 Å². The van der Waals surface area contributed by atoms with Gasteiger partial charge < -0.3 is 5.73 Å². The SMILES string of the molecule is CCCN(CC1(CN)CCCC1)C1CC1. The zero-order chi connectivity index (χ0) is 10.7. The molecule has 0 atom stereocenters. The molecule has 0 aromatic rings. The third-order valence-corrected chi connectivity index (χ3v) is 4.21. The van der Waals surface area contributed by atoms with Gasteiger partial charge in [0.25, 0.3) is 0 Å². The highest BCUT2D eigenvalue weighted by Crippen LogP contribution is 2.40. The summed E-state index contributed by atoms with van der Waals surface area (Å²) >= 11 is 0. The van der Waals surface area contributed by atoms with E-state index in [9.17, 15) is 0 Å². The first-order valence-corrected chi connectivity index (χ1v) is 6.74. The molecular formula is C13H26N2. The van der Waals surface area contributed by atoms with Gasteiger partial charge in [-0.25, -0.2) is 0 Å². The molecule has 2 heteroatoms. The molecule has 2 aliphatic rings. The second-order valence-electron chi connectivity index (χ2n) is 5.61. The standard InChI is InChI=1S/C13H26N2/c1-2-9-15(12-5-6-12)11-13(10-14)7-3-4-8-13/h12H,2-11,14H2,1H3. The normalized spacial score (nSPS) is 25.0. The van der Waals surface area contributed by atoms with Crippen LogP contribution in [0.1, 0.15) is 51.9 Å². The average molecular weight is 210 g/mol. The van der Waals surface area contributed by atoms with E-state index in [4.69, 9.17) is 5.73 Å². The second kappa shape index (κ2) is 4.84. The molecular weight excluding hydrogens is 184 g/mol. The van der Waals surface area contributed by atoms with Crippen molar-refractivity contribution in [2.45, 2.75) is 57.9 Å². The lowest BCUT2D eigenvalue weighted by Gasteiger charge is -2.34. The van der Waals surface area contributed by atoms with Gasteiger partial charge in [-0.1, -0.05) is 19.8 Å². The Hall–Kier alpha value is -0.0800. The minimum Gasteiger partial charge on any atom is -0.330 e. The molecule has 0 spiro atoms. The third kappa shape index (κ3) is 2.73. The largest absolute Gasteiger partial charge is 0.330 e.